The number of amides is 1. The van der Waals surface area contributed by atoms with Crippen LogP contribution in [0.3, 0.4) is 0 Å². The van der Waals surface area contributed by atoms with E-state index in [1.807, 2.05) is 23.6 Å². The smallest absolute Gasteiger partial charge is 0.249 e. The van der Waals surface area contributed by atoms with Crippen molar-refractivity contribution in [2.24, 2.45) is 0 Å². The van der Waals surface area contributed by atoms with Crippen LogP contribution in [0.2, 0.25) is 0 Å². The van der Waals surface area contributed by atoms with Gasteiger partial charge >= 0.3 is 0 Å². The number of benzene rings is 2. The van der Waals surface area contributed by atoms with E-state index >= 15 is 0 Å². The molecule has 2 aromatic carbocycles. The lowest BCUT2D eigenvalue weighted by Crippen LogP contribution is -2.14. The molecule has 0 saturated carbocycles. The molecule has 2 heterocycles. The average Bonchev–Trinajstić information content (AvgIpc) is 3.33. The second-order valence-corrected chi connectivity index (χ2v) is 6.47. The number of fused-ring (bicyclic) bond motifs is 1. The Labute approximate surface area is 154 Å². The van der Waals surface area contributed by atoms with Gasteiger partial charge in [0.1, 0.15) is 5.82 Å². The second kappa shape index (κ2) is 7.33. The standard InChI is InChI=1S/C20H16N4OS/c25-20(9-8-17-13-26-14-21-17)23-19-10-11-22-24(19)12-16-6-3-5-15-4-1-2-7-18(15)16/h1-11,13-14H,12H2,(H,23,25)/b9-8+. The lowest BCUT2D eigenvalue weighted by Gasteiger charge is -2.10. The number of carbonyl (C=O) groups is 1. The molecule has 26 heavy (non-hydrogen) atoms. The summed E-state index contributed by atoms with van der Waals surface area (Å²) in [6.07, 6.45) is 4.85. The highest BCUT2D eigenvalue weighted by atomic mass is 32.1. The molecule has 6 heteroatoms. The molecule has 0 radical (unpaired) electrons. The van der Waals surface area contributed by atoms with E-state index in [2.05, 4.69) is 39.7 Å². The zero-order valence-electron chi connectivity index (χ0n) is 13.9. The molecule has 0 aliphatic rings. The number of hydrogen-bond acceptors (Lipinski definition) is 4. The van der Waals surface area contributed by atoms with E-state index in [9.17, 15) is 4.79 Å². The van der Waals surface area contributed by atoms with Gasteiger partial charge in [0, 0.05) is 17.5 Å². The molecular weight excluding hydrogens is 344 g/mol. The first-order valence-electron chi connectivity index (χ1n) is 8.15. The van der Waals surface area contributed by atoms with Crippen molar-refractivity contribution in [2.75, 3.05) is 5.32 Å². The first-order valence-corrected chi connectivity index (χ1v) is 9.09. The van der Waals surface area contributed by atoms with Gasteiger partial charge in [-0.15, -0.1) is 11.3 Å². The molecule has 4 rings (SSSR count). The van der Waals surface area contributed by atoms with E-state index in [0.29, 0.717) is 12.4 Å². The zero-order valence-corrected chi connectivity index (χ0v) is 14.7. The van der Waals surface area contributed by atoms with Crippen LogP contribution < -0.4 is 5.32 Å². The van der Waals surface area contributed by atoms with E-state index in [-0.39, 0.29) is 5.91 Å². The topological polar surface area (TPSA) is 59.8 Å². The van der Waals surface area contributed by atoms with Crippen LogP contribution in [0.15, 0.2) is 71.7 Å². The van der Waals surface area contributed by atoms with Gasteiger partial charge in [-0.2, -0.15) is 5.10 Å². The molecule has 0 aliphatic heterocycles. The first kappa shape index (κ1) is 16.2. The summed E-state index contributed by atoms with van der Waals surface area (Å²) in [6, 6.07) is 16.2. The second-order valence-electron chi connectivity index (χ2n) is 5.75. The van der Waals surface area contributed by atoms with Crippen molar-refractivity contribution in [2.45, 2.75) is 6.54 Å². The van der Waals surface area contributed by atoms with Crippen LogP contribution in [-0.4, -0.2) is 20.7 Å². The number of anilines is 1. The minimum Gasteiger partial charge on any atom is -0.307 e. The summed E-state index contributed by atoms with van der Waals surface area (Å²) < 4.78 is 1.79. The van der Waals surface area contributed by atoms with E-state index in [1.54, 1.807) is 28.5 Å². The fraction of sp³-hybridized carbons (Fsp3) is 0.0500. The van der Waals surface area contributed by atoms with Crippen LogP contribution in [-0.2, 0) is 11.3 Å². The van der Waals surface area contributed by atoms with Gasteiger partial charge in [-0.05, 0) is 22.4 Å². The van der Waals surface area contributed by atoms with Gasteiger partial charge in [0.2, 0.25) is 5.91 Å². The Bertz CT molecular complexity index is 1060. The van der Waals surface area contributed by atoms with Crippen molar-refractivity contribution >= 4 is 39.9 Å². The molecule has 0 spiro atoms. The predicted molar refractivity (Wildman–Crippen MR) is 105 cm³/mol. The highest BCUT2D eigenvalue weighted by Gasteiger charge is 2.08. The lowest BCUT2D eigenvalue weighted by molar-refractivity contribution is -0.111. The normalized spacial score (nSPS) is 11.2. The molecule has 4 aromatic rings. The Morgan fingerprint density at radius 2 is 2.04 bits per heavy atom. The molecule has 0 aliphatic carbocycles. The van der Waals surface area contributed by atoms with Gasteiger partial charge in [0.05, 0.1) is 23.9 Å². The molecule has 1 N–H and O–H groups in total. The van der Waals surface area contributed by atoms with Crippen LogP contribution in [0.5, 0.6) is 0 Å². The fourth-order valence-electron chi connectivity index (χ4n) is 2.79. The van der Waals surface area contributed by atoms with E-state index in [0.717, 1.165) is 11.3 Å². The number of carbonyl (C=O) groups excluding carboxylic acids is 1. The van der Waals surface area contributed by atoms with Gasteiger partial charge in [0.25, 0.3) is 0 Å². The Morgan fingerprint density at radius 1 is 1.15 bits per heavy atom. The maximum absolute atomic E-state index is 12.2. The third-order valence-electron chi connectivity index (χ3n) is 4.02. The fourth-order valence-corrected chi connectivity index (χ4v) is 3.31. The van der Waals surface area contributed by atoms with Crippen LogP contribution >= 0.6 is 11.3 Å². The number of hydrogen-bond donors (Lipinski definition) is 1. The lowest BCUT2D eigenvalue weighted by atomic mass is 10.0. The van der Waals surface area contributed by atoms with Gasteiger partial charge in [-0.25, -0.2) is 9.67 Å². The Morgan fingerprint density at radius 3 is 2.92 bits per heavy atom. The molecule has 0 atom stereocenters. The molecule has 0 fully saturated rings. The first-order chi connectivity index (χ1) is 12.8. The minimum atomic E-state index is -0.210. The molecule has 0 unspecified atom stereocenters. The predicted octanol–water partition coefficient (Wildman–Crippen LogP) is 4.19. The molecule has 0 saturated heterocycles. The molecule has 1 amide bonds. The van der Waals surface area contributed by atoms with Crippen molar-refractivity contribution in [1.82, 2.24) is 14.8 Å². The summed E-state index contributed by atoms with van der Waals surface area (Å²) in [7, 11) is 0. The molecule has 0 bridgehead atoms. The van der Waals surface area contributed by atoms with Crippen LogP contribution in [0.1, 0.15) is 11.3 Å². The number of thiazole rings is 1. The van der Waals surface area contributed by atoms with Gasteiger partial charge < -0.3 is 5.32 Å². The highest BCUT2D eigenvalue weighted by Crippen LogP contribution is 2.20. The van der Waals surface area contributed by atoms with E-state index < -0.39 is 0 Å². The molecule has 128 valence electrons. The van der Waals surface area contributed by atoms with Crippen LogP contribution in [0, 0.1) is 0 Å². The Kier molecular flexibility index (Phi) is 4.57. The summed E-state index contributed by atoms with van der Waals surface area (Å²) in [4.78, 5) is 16.3. The van der Waals surface area contributed by atoms with Crippen molar-refractivity contribution < 1.29 is 4.79 Å². The van der Waals surface area contributed by atoms with Gasteiger partial charge in [-0.1, -0.05) is 42.5 Å². The van der Waals surface area contributed by atoms with Gasteiger partial charge in [-0.3, -0.25) is 4.79 Å². The SMILES string of the molecule is O=C(/C=C/c1cscn1)Nc1ccnn1Cc1cccc2ccccc12. The number of rotatable bonds is 5. The number of nitrogens with zero attached hydrogens (tertiary/aromatic N) is 3. The summed E-state index contributed by atoms with van der Waals surface area (Å²) >= 11 is 1.49. The summed E-state index contributed by atoms with van der Waals surface area (Å²) in [5, 5.41) is 11.5. The highest BCUT2D eigenvalue weighted by molar-refractivity contribution is 7.07. The summed E-state index contributed by atoms with van der Waals surface area (Å²) in [6.45, 7) is 0.583. The summed E-state index contributed by atoms with van der Waals surface area (Å²) in [5.74, 6) is 0.448. The van der Waals surface area contributed by atoms with Gasteiger partial charge in [0.15, 0.2) is 0 Å². The van der Waals surface area contributed by atoms with E-state index in [1.165, 1.54) is 28.2 Å². The monoisotopic (exact) mass is 360 g/mol. The summed E-state index contributed by atoms with van der Waals surface area (Å²) in [5.41, 5.74) is 3.66. The largest absolute Gasteiger partial charge is 0.307 e. The quantitative estimate of drug-likeness (QED) is 0.543. The van der Waals surface area contributed by atoms with Crippen molar-refractivity contribution in [3.05, 3.63) is 83.0 Å². The molecular formula is C20H16N4OS. The molecule has 2 aromatic heterocycles. The maximum Gasteiger partial charge on any atom is 0.249 e. The third kappa shape index (κ3) is 3.55. The maximum atomic E-state index is 12.2. The van der Waals surface area contributed by atoms with Crippen LogP contribution in [0.4, 0.5) is 5.82 Å². The minimum absolute atomic E-state index is 0.210. The number of nitrogens with one attached hydrogen (secondary N) is 1. The van der Waals surface area contributed by atoms with Crippen molar-refractivity contribution in [3.8, 4) is 0 Å². The van der Waals surface area contributed by atoms with Crippen molar-refractivity contribution in [1.29, 1.82) is 0 Å². The Hall–Kier alpha value is -3.25. The molecule has 5 nitrogen and oxygen atoms in total. The zero-order chi connectivity index (χ0) is 17.8. The van der Waals surface area contributed by atoms with Crippen LogP contribution in [0.25, 0.3) is 16.8 Å². The third-order valence-corrected chi connectivity index (χ3v) is 4.63. The average molecular weight is 360 g/mol. The Balaban J connectivity index is 1.52. The number of aromatic nitrogens is 3. The van der Waals surface area contributed by atoms with Crippen molar-refractivity contribution in [3.63, 3.8) is 0 Å². The van der Waals surface area contributed by atoms with E-state index in [4.69, 9.17) is 0 Å².